The van der Waals surface area contributed by atoms with E-state index in [0.29, 0.717) is 37.9 Å². The van der Waals surface area contributed by atoms with Crippen LogP contribution in [0.4, 0.5) is 0 Å². The van der Waals surface area contributed by atoms with Crippen molar-refractivity contribution in [1.82, 2.24) is 15.2 Å². The van der Waals surface area contributed by atoms with E-state index in [2.05, 4.69) is 10.3 Å². The zero-order valence-electron chi connectivity index (χ0n) is 19.0. The second-order valence-corrected chi connectivity index (χ2v) is 11.9. The molecule has 10 nitrogen and oxygen atoms in total. The second kappa shape index (κ2) is 12.0. The van der Waals surface area contributed by atoms with Crippen molar-refractivity contribution < 1.29 is 19.5 Å². The Morgan fingerprint density at radius 3 is 2.89 bits per heavy atom. The van der Waals surface area contributed by atoms with Crippen molar-refractivity contribution in [2.45, 2.75) is 21.8 Å². The Kier molecular flexibility index (Phi) is 9.03. The van der Waals surface area contributed by atoms with E-state index in [-0.39, 0.29) is 22.9 Å². The number of aliphatic carboxylic acids is 1. The van der Waals surface area contributed by atoms with Crippen LogP contribution in [-0.4, -0.2) is 72.8 Å². The fraction of sp³-hybridized carbons (Fsp3) is 0.273. The molecule has 1 unspecified atom stereocenters. The number of hydrazine groups is 1. The lowest BCUT2D eigenvalue weighted by Gasteiger charge is -2.49. The molecule has 1 aromatic rings. The van der Waals surface area contributed by atoms with Crippen LogP contribution in [0.2, 0.25) is 10.0 Å². The number of allylic oxidation sites excluding steroid dienone is 1. The van der Waals surface area contributed by atoms with Crippen LogP contribution in [0.3, 0.4) is 0 Å². The molecule has 3 aliphatic heterocycles. The number of rotatable bonds is 9. The van der Waals surface area contributed by atoms with Crippen LogP contribution >= 0.6 is 58.5 Å². The predicted octanol–water partition coefficient (Wildman–Crippen LogP) is 2.46. The summed E-state index contributed by atoms with van der Waals surface area (Å²) in [5.41, 5.74) is 5.75. The summed E-state index contributed by atoms with van der Waals surface area (Å²) in [6, 6.07) is 4.15. The van der Waals surface area contributed by atoms with Crippen molar-refractivity contribution in [3.05, 3.63) is 63.9 Å². The van der Waals surface area contributed by atoms with Crippen LogP contribution in [0, 0.1) is 0 Å². The summed E-state index contributed by atoms with van der Waals surface area (Å²) in [4.78, 5) is 43.5. The number of β-lactam (4-membered cyclic amide) rings is 1. The van der Waals surface area contributed by atoms with Gasteiger partial charge in [-0.1, -0.05) is 35.4 Å². The van der Waals surface area contributed by atoms with E-state index in [1.807, 2.05) is 0 Å². The SMILES string of the molecule is NC1=NC(SC/C=C/C2=C(C(=O)O)N3C(=O)[C@@H](NC(=O)CSc4cc(Cl)ccc4Cl)[C@H]3SC2)N(N)C=C1. The first-order valence-corrected chi connectivity index (χ1v) is 14.6. The summed E-state index contributed by atoms with van der Waals surface area (Å²) in [6.45, 7) is 0. The van der Waals surface area contributed by atoms with Crippen molar-refractivity contribution in [1.29, 1.82) is 0 Å². The number of carboxylic acid groups (broad SMARTS) is 1. The minimum absolute atomic E-state index is 0.0290. The van der Waals surface area contributed by atoms with E-state index in [1.54, 1.807) is 42.6 Å². The number of nitrogens with zero attached hydrogens (tertiary/aromatic N) is 3. The van der Waals surface area contributed by atoms with Gasteiger partial charge in [0.25, 0.3) is 5.91 Å². The highest BCUT2D eigenvalue weighted by Gasteiger charge is 2.53. The number of aliphatic imine (C=N–C) groups is 1. The van der Waals surface area contributed by atoms with Crippen LogP contribution < -0.4 is 16.9 Å². The summed E-state index contributed by atoms with van der Waals surface area (Å²) in [7, 11) is 0. The lowest BCUT2D eigenvalue weighted by Crippen LogP contribution is -2.70. The zero-order chi connectivity index (χ0) is 26.7. The van der Waals surface area contributed by atoms with Gasteiger partial charge in [-0.2, -0.15) is 0 Å². The number of halogens is 2. The maximum Gasteiger partial charge on any atom is 0.352 e. The third kappa shape index (κ3) is 6.41. The first kappa shape index (κ1) is 27.7. The molecular formula is C22H22Cl2N6O4S3. The smallest absolute Gasteiger partial charge is 0.352 e. The van der Waals surface area contributed by atoms with Crippen LogP contribution in [0.5, 0.6) is 0 Å². The number of benzene rings is 1. The molecule has 1 aromatic carbocycles. The maximum atomic E-state index is 12.8. The molecule has 1 fully saturated rings. The van der Waals surface area contributed by atoms with Gasteiger partial charge in [0.05, 0.1) is 10.8 Å². The highest BCUT2D eigenvalue weighted by Crippen LogP contribution is 2.41. The largest absolute Gasteiger partial charge is 0.477 e. The van der Waals surface area contributed by atoms with Crippen molar-refractivity contribution in [3.63, 3.8) is 0 Å². The molecule has 0 saturated carbocycles. The lowest BCUT2D eigenvalue weighted by atomic mass is 10.0. The predicted molar refractivity (Wildman–Crippen MR) is 149 cm³/mol. The van der Waals surface area contributed by atoms with E-state index in [0.717, 1.165) is 0 Å². The van der Waals surface area contributed by atoms with Gasteiger partial charge in [0.15, 0.2) is 5.50 Å². The maximum absolute atomic E-state index is 12.8. The molecule has 0 bridgehead atoms. The Hall–Kier alpha value is -2.29. The lowest BCUT2D eigenvalue weighted by molar-refractivity contribution is -0.150. The third-order valence-corrected chi connectivity index (χ3v) is 9.43. The molecule has 37 heavy (non-hydrogen) atoms. The van der Waals surface area contributed by atoms with Gasteiger partial charge in [-0.15, -0.1) is 35.3 Å². The molecule has 2 amide bonds. The number of carbonyl (C=O) groups is 3. The number of fused-ring (bicyclic) bond motifs is 1. The van der Waals surface area contributed by atoms with Crippen molar-refractivity contribution in [2.75, 3.05) is 17.3 Å². The van der Waals surface area contributed by atoms with Crippen LogP contribution in [-0.2, 0) is 14.4 Å². The molecule has 6 N–H and O–H groups in total. The molecule has 0 radical (unpaired) electrons. The fourth-order valence-corrected chi connectivity index (χ4v) is 7.09. The minimum Gasteiger partial charge on any atom is -0.477 e. The van der Waals surface area contributed by atoms with Gasteiger partial charge in [0.1, 0.15) is 22.9 Å². The van der Waals surface area contributed by atoms with Gasteiger partial charge in [0.2, 0.25) is 5.91 Å². The van der Waals surface area contributed by atoms with Gasteiger partial charge in [-0.3, -0.25) is 19.5 Å². The number of carbonyl (C=O) groups excluding carboxylic acids is 2. The monoisotopic (exact) mass is 600 g/mol. The molecular weight excluding hydrogens is 579 g/mol. The normalized spacial score (nSPS) is 23.2. The third-order valence-electron chi connectivity index (χ3n) is 5.36. The van der Waals surface area contributed by atoms with E-state index >= 15 is 0 Å². The standard InChI is InChI=1S/C22H22Cl2N6O4S3/c23-12-3-4-13(24)14(8-12)36-10-16(31)28-17-19(32)30-18(21(33)34)11(9-37-20(17)30)2-1-7-35-22-27-15(25)5-6-29(22)26/h1-6,8,17,20,22H,7,9-10,26H2,(H2,25,27)(H,28,31)(H,33,34)/b2-1+/t17-,20-,22?/m1/s1. The molecule has 3 atom stereocenters. The Morgan fingerprint density at radius 1 is 1.35 bits per heavy atom. The summed E-state index contributed by atoms with van der Waals surface area (Å²) in [5, 5.41) is 14.4. The molecule has 15 heteroatoms. The van der Waals surface area contributed by atoms with Gasteiger partial charge in [-0.05, 0) is 29.8 Å². The summed E-state index contributed by atoms with van der Waals surface area (Å²) >= 11 is 16.1. The number of hydrogen-bond acceptors (Lipinski definition) is 10. The number of hydrogen-bond donors (Lipinski definition) is 4. The van der Waals surface area contributed by atoms with E-state index in [9.17, 15) is 19.5 Å². The first-order valence-electron chi connectivity index (χ1n) is 10.8. The molecule has 1 saturated heterocycles. The molecule has 3 aliphatic rings. The average molecular weight is 602 g/mol. The van der Waals surface area contributed by atoms with Crippen molar-refractivity contribution in [3.8, 4) is 0 Å². The zero-order valence-corrected chi connectivity index (χ0v) is 23.0. The van der Waals surface area contributed by atoms with Crippen molar-refractivity contribution in [2.24, 2.45) is 16.6 Å². The molecule has 0 aliphatic carbocycles. The number of carboxylic acids is 1. The Balaban J connectivity index is 1.35. The molecule has 196 valence electrons. The molecule has 0 spiro atoms. The van der Waals surface area contributed by atoms with Crippen LogP contribution in [0.25, 0.3) is 0 Å². The number of nitrogens with two attached hydrogens (primary N) is 2. The first-order chi connectivity index (χ1) is 17.7. The highest BCUT2D eigenvalue weighted by atomic mass is 35.5. The van der Waals surface area contributed by atoms with Gasteiger partial charge < -0.3 is 16.2 Å². The Bertz CT molecular complexity index is 1240. The van der Waals surface area contributed by atoms with Crippen LogP contribution in [0.15, 0.2) is 63.8 Å². The Morgan fingerprint density at radius 2 is 2.14 bits per heavy atom. The number of amides is 2. The minimum atomic E-state index is -1.20. The summed E-state index contributed by atoms with van der Waals surface area (Å²) in [6.07, 6.45) is 6.71. The fourth-order valence-electron chi connectivity index (χ4n) is 3.65. The quantitative estimate of drug-likeness (QED) is 0.189. The second-order valence-electron chi connectivity index (χ2n) is 7.88. The van der Waals surface area contributed by atoms with Crippen molar-refractivity contribution >= 4 is 82.1 Å². The average Bonchev–Trinajstić information content (AvgIpc) is 2.86. The molecule has 3 heterocycles. The molecule has 0 aromatic heterocycles. The number of amidine groups is 1. The topological polar surface area (TPSA) is 154 Å². The highest BCUT2D eigenvalue weighted by molar-refractivity contribution is 8.00. The van der Waals surface area contributed by atoms with E-state index < -0.39 is 23.3 Å². The van der Waals surface area contributed by atoms with Crippen LogP contribution in [0.1, 0.15) is 0 Å². The van der Waals surface area contributed by atoms with Gasteiger partial charge in [0, 0.05) is 27.6 Å². The van der Waals surface area contributed by atoms with Gasteiger partial charge >= 0.3 is 5.97 Å². The number of thioether (sulfide) groups is 3. The van der Waals surface area contributed by atoms with Gasteiger partial charge in [-0.25, -0.2) is 15.6 Å². The summed E-state index contributed by atoms with van der Waals surface area (Å²) in [5.74, 6) is 5.09. The molecule has 4 rings (SSSR count). The Labute approximate surface area is 235 Å². The van der Waals surface area contributed by atoms with E-state index in [4.69, 9.17) is 34.8 Å². The van der Waals surface area contributed by atoms with E-state index in [1.165, 1.54) is 45.2 Å². The number of nitrogens with one attached hydrogen (secondary N) is 1. The summed E-state index contributed by atoms with van der Waals surface area (Å²) < 4.78 is 0.